The number of alkyl halides is 3. The van der Waals surface area contributed by atoms with Gasteiger partial charge in [0.25, 0.3) is 5.56 Å². The Labute approximate surface area is 180 Å². The van der Waals surface area contributed by atoms with Gasteiger partial charge < -0.3 is 9.64 Å². The fourth-order valence-electron chi connectivity index (χ4n) is 2.81. The summed E-state index contributed by atoms with van der Waals surface area (Å²) in [5.74, 6) is -0.946. The average Bonchev–Trinajstić information content (AvgIpc) is 2.97. The number of ether oxygens (including phenoxy) is 1. The number of hydrogen-bond donors (Lipinski definition) is 0. The molecule has 0 bridgehead atoms. The Kier molecular flexibility index (Phi) is 8.21. The number of aromatic nitrogens is 1. The predicted octanol–water partition coefficient (Wildman–Crippen LogP) is 1.97. The first-order chi connectivity index (χ1) is 14.6. The quantitative estimate of drug-likeness (QED) is 0.598. The second-order valence-corrected chi connectivity index (χ2v) is 7.48. The van der Waals surface area contributed by atoms with Crippen molar-refractivity contribution in [2.45, 2.75) is 33.5 Å². The third-order valence-corrected chi connectivity index (χ3v) is 5.47. The van der Waals surface area contributed by atoms with Gasteiger partial charge >= 0.3 is 12.1 Å². The van der Waals surface area contributed by atoms with Crippen molar-refractivity contribution in [2.24, 2.45) is 0 Å². The minimum absolute atomic E-state index is 0.147. The summed E-state index contributed by atoms with van der Waals surface area (Å²) in [5.41, 5.74) is -0.924. The predicted molar refractivity (Wildman–Crippen MR) is 112 cm³/mol. The minimum atomic E-state index is -4.46. The van der Waals surface area contributed by atoms with Gasteiger partial charge in [-0.2, -0.15) is 13.2 Å². The van der Waals surface area contributed by atoms with Gasteiger partial charge in [-0.25, -0.2) is 4.79 Å². The number of carbonyl (C=O) groups excluding carboxylic acids is 2. The summed E-state index contributed by atoms with van der Waals surface area (Å²) in [6, 6.07) is 4.35. The van der Waals surface area contributed by atoms with E-state index in [0.29, 0.717) is 18.7 Å². The van der Waals surface area contributed by atoms with Gasteiger partial charge in [0.15, 0.2) is 0 Å². The molecule has 0 aliphatic heterocycles. The fourth-order valence-corrected chi connectivity index (χ4v) is 3.84. The van der Waals surface area contributed by atoms with Crippen molar-refractivity contribution in [3.8, 4) is 0 Å². The minimum Gasteiger partial charge on any atom is -0.463 e. The van der Waals surface area contributed by atoms with Gasteiger partial charge in [-0.3, -0.25) is 14.2 Å². The molecule has 31 heavy (non-hydrogen) atoms. The largest absolute Gasteiger partial charge is 0.463 e. The van der Waals surface area contributed by atoms with E-state index in [2.05, 4.69) is 0 Å². The molecule has 1 heterocycles. The van der Waals surface area contributed by atoms with E-state index in [4.69, 9.17) is 4.74 Å². The molecule has 0 aliphatic rings. The van der Waals surface area contributed by atoms with Crippen molar-refractivity contribution >= 4 is 35.4 Å². The third-order valence-electron chi connectivity index (χ3n) is 4.41. The number of nitrogens with zero attached hydrogens (tertiary/aromatic N) is 2. The van der Waals surface area contributed by atoms with E-state index >= 15 is 0 Å². The molecule has 0 spiro atoms. The van der Waals surface area contributed by atoms with E-state index in [1.54, 1.807) is 11.8 Å². The van der Waals surface area contributed by atoms with Crippen LogP contribution in [0.5, 0.6) is 0 Å². The summed E-state index contributed by atoms with van der Waals surface area (Å²) >= 11 is 0.959. The zero-order valence-corrected chi connectivity index (χ0v) is 18.2. The smallest absolute Gasteiger partial charge is 0.416 e. The summed E-state index contributed by atoms with van der Waals surface area (Å²) < 4.78 is 44.7. The third kappa shape index (κ3) is 6.30. The highest BCUT2D eigenvalue weighted by Gasteiger charge is 2.29. The van der Waals surface area contributed by atoms with Crippen molar-refractivity contribution in [2.75, 3.05) is 19.7 Å². The maximum atomic E-state index is 12.9. The van der Waals surface area contributed by atoms with E-state index in [1.165, 1.54) is 22.8 Å². The Bertz CT molecular complexity index is 1100. The van der Waals surface area contributed by atoms with Crippen molar-refractivity contribution in [3.05, 3.63) is 54.9 Å². The van der Waals surface area contributed by atoms with Crippen molar-refractivity contribution < 1.29 is 27.5 Å². The second kappa shape index (κ2) is 10.4. The van der Waals surface area contributed by atoms with Crippen molar-refractivity contribution in [1.29, 1.82) is 0 Å². The molecule has 0 saturated carbocycles. The molecule has 0 aliphatic carbocycles. The molecule has 6 nitrogen and oxygen atoms in total. The summed E-state index contributed by atoms with van der Waals surface area (Å²) in [4.78, 5) is 38.9. The summed E-state index contributed by atoms with van der Waals surface area (Å²) in [7, 11) is 0. The average molecular weight is 456 g/mol. The number of amides is 1. The Morgan fingerprint density at radius 3 is 2.26 bits per heavy atom. The molecule has 1 aromatic carbocycles. The molecule has 0 saturated heterocycles. The number of carbonyl (C=O) groups is 2. The van der Waals surface area contributed by atoms with Crippen LogP contribution in [-0.4, -0.2) is 41.0 Å². The number of rotatable bonds is 7. The Hall–Kier alpha value is -2.88. The first-order valence-corrected chi connectivity index (χ1v) is 10.5. The standard InChI is InChI=1S/C21H23F3N2O4S/c1-4-25(5-2)17(27)13-26-18(12-19(28)30-6-3)31-16(20(26)29)11-14-7-9-15(10-8-14)21(22,23)24/h7-12H,4-6,13H2,1-3H3/b16-11+,18-12+. The van der Waals surface area contributed by atoms with Gasteiger partial charge in [-0.1, -0.05) is 12.1 Å². The molecule has 168 valence electrons. The Morgan fingerprint density at radius 2 is 1.74 bits per heavy atom. The van der Waals surface area contributed by atoms with Crippen LogP contribution in [0.2, 0.25) is 0 Å². The van der Waals surface area contributed by atoms with Crippen LogP contribution in [-0.2, 0) is 27.0 Å². The number of thiazole rings is 1. The SMILES string of the molecule is CCOC(=O)/C=c1/s/c(=C/c2ccc(C(F)(F)F)cc2)c(=O)n1CC(=O)N(CC)CC. The van der Waals surface area contributed by atoms with Gasteiger partial charge in [0.1, 0.15) is 11.2 Å². The normalized spacial score (nSPS) is 12.8. The summed E-state index contributed by atoms with van der Waals surface area (Å²) in [5, 5.41) is 0. The van der Waals surface area contributed by atoms with Crippen LogP contribution >= 0.6 is 11.3 Å². The van der Waals surface area contributed by atoms with E-state index < -0.39 is 23.3 Å². The van der Waals surface area contributed by atoms with Gasteiger partial charge in [0.05, 0.1) is 22.8 Å². The molecule has 0 radical (unpaired) electrons. The molecular formula is C21H23F3N2O4S. The molecule has 0 fully saturated rings. The monoisotopic (exact) mass is 456 g/mol. The highest BCUT2D eigenvalue weighted by Crippen LogP contribution is 2.29. The van der Waals surface area contributed by atoms with Crippen LogP contribution in [0.1, 0.15) is 31.9 Å². The molecule has 0 N–H and O–H groups in total. The molecule has 2 aromatic rings. The van der Waals surface area contributed by atoms with Crippen molar-refractivity contribution in [3.63, 3.8) is 0 Å². The molecule has 10 heteroatoms. The molecule has 0 unspecified atom stereocenters. The van der Waals surface area contributed by atoms with E-state index in [-0.39, 0.29) is 28.3 Å². The van der Waals surface area contributed by atoms with Gasteiger partial charge in [-0.05, 0) is 44.5 Å². The lowest BCUT2D eigenvalue weighted by Crippen LogP contribution is -2.40. The fraction of sp³-hybridized carbons (Fsp3) is 0.381. The lowest BCUT2D eigenvalue weighted by atomic mass is 10.1. The van der Waals surface area contributed by atoms with E-state index in [1.807, 2.05) is 13.8 Å². The summed E-state index contributed by atoms with van der Waals surface area (Å²) in [6.07, 6.45) is -1.90. The highest BCUT2D eigenvalue weighted by molar-refractivity contribution is 7.07. The molecule has 1 amide bonds. The molecule has 1 aromatic heterocycles. The van der Waals surface area contributed by atoms with Crippen LogP contribution in [0.4, 0.5) is 13.2 Å². The number of benzene rings is 1. The van der Waals surface area contributed by atoms with Gasteiger partial charge in [0.2, 0.25) is 5.91 Å². The maximum absolute atomic E-state index is 12.9. The number of halogens is 3. The van der Waals surface area contributed by atoms with Crippen LogP contribution in [0.15, 0.2) is 29.1 Å². The topological polar surface area (TPSA) is 68.6 Å². The first-order valence-electron chi connectivity index (χ1n) is 9.65. The Balaban J connectivity index is 2.55. The highest BCUT2D eigenvalue weighted by atomic mass is 32.1. The van der Waals surface area contributed by atoms with Crippen molar-refractivity contribution in [1.82, 2.24) is 9.47 Å². The maximum Gasteiger partial charge on any atom is 0.416 e. The second-order valence-electron chi connectivity index (χ2n) is 6.42. The van der Waals surface area contributed by atoms with Gasteiger partial charge in [0, 0.05) is 13.1 Å². The zero-order valence-electron chi connectivity index (χ0n) is 17.4. The molecule has 2 rings (SSSR count). The van der Waals surface area contributed by atoms with E-state index in [9.17, 15) is 27.6 Å². The summed E-state index contributed by atoms with van der Waals surface area (Å²) in [6.45, 7) is 6.09. The lowest BCUT2D eigenvalue weighted by molar-refractivity contribution is -0.137. The number of likely N-dealkylation sites (N-methyl/N-ethyl adjacent to an activating group) is 1. The molecule has 0 atom stereocenters. The van der Waals surface area contributed by atoms with Crippen LogP contribution in [0.3, 0.4) is 0 Å². The number of esters is 1. The van der Waals surface area contributed by atoms with Crippen LogP contribution in [0.25, 0.3) is 12.2 Å². The van der Waals surface area contributed by atoms with Crippen LogP contribution in [0, 0.1) is 0 Å². The first kappa shape index (κ1) is 24.4. The zero-order chi connectivity index (χ0) is 23.2. The van der Waals surface area contributed by atoms with E-state index in [0.717, 1.165) is 29.5 Å². The number of hydrogen-bond acceptors (Lipinski definition) is 5. The van der Waals surface area contributed by atoms with Crippen LogP contribution < -0.4 is 14.8 Å². The lowest BCUT2D eigenvalue weighted by Gasteiger charge is -2.18. The van der Waals surface area contributed by atoms with Gasteiger partial charge in [-0.15, -0.1) is 11.3 Å². The Morgan fingerprint density at radius 1 is 1.13 bits per heavy atom. The molecular weight excluding hydrogens is 433 g/mol.